The minimum Gasteiger partial charge on any atom is -0.379 e. The van der Waals surface area contributed by atoms with Crippen molar-refractivity contribution in [1.82, 2.24) is 5.32 Å². The zero-order valence-electron chi connectivity index (χ0n) is 14.9. The summed E-state index contributed by atoms with van der Waals surface area (Å²) in [5, 5.41) is 6.07. The fraction of sp³-hybridized carbons (Fsp3) is 0.812. The molecule has 1 unspecified atom stereocenters. The summed E-state index contributed by atoms with van der Waals surface area (Å²) < 4.78 is 15.8. The zero-order valence-corrected chi connectivity index (χ0v) is 14.9. The first-order valence-electron chi connectivity index (χ1n) is 8.70. The fourth-order valence-corrected chi connectivity index (χ4v) is 2.42. The Balaban J connectivity index is 1.86. The van der Waals surface area contributed by atoms with E-state index in [-0.39, 0.29) is 42.7 Å². The second-order valence-electron chi connectivity index (χ2n) is 5.80. The number of hydrogen-bond donors (Lipinski definition) is 1. The van der Waals surface area contributed by atoms with Crippen LogP contribution in [0.4, 0.5) is 0 Å². The number of nitrogens with one attached hydrogen (secondary N) is 1. The SMILES string of the molecule is [N-]=[N+]=NCCOCCOCCOCCNC(=O)CC1CCC(=O)C(=O)C1. The van der Waals surface area contributed by atoms with Crippen LogP contribution >= 0.6 is 0 Å². The van der Waals surface area contributed by atoms with Crippen LogP contribution in [-0.2, 0) is 28.6 Å². The first-order chi connectivity index (χ1) is 12.6. The quantitative estimate of drug-likeness (QED) is 0.158. The molecule has 1 saturated carbocycles. The molecule has 0 aromatic rings. The molecule has 0 radical (unpaired) electrons. The van der Waals surface area contributed by atoms with E-state index in [4.69, 9.17) is 19.7 Å². The molecular formula is C16H26N4O6. The molecule has 0 spiro atoms. The van der Waals surface area contributed by atoms with Crippen molar-refractivity contribution in [2.75, 3.05) is 52.7 Å². The van der Waals surface area contributed by atoms with Crippen LogP contribution in [0.2, 0.25) is 0 Å². The Morgan fingerprint density at radius 1 is 1.08 bits per heavy atom. The third kappa shape index (κ3) is 10.8. The van der Waals surface area contributed by atoms with E-state index in [1.54, 1.807) is 0 Å². The number of Topliss-reactive ketones (excluding diaryl/α,β-unsaturated/α-hetero) is 2. The molecule has 1 aliphatic carbocycles. The highest BCUT2D eigenvalue weighted by Crippen LogP contribution is 2.22. The lowest BCUT2D eigenvalue weighted by molar-refractivity contribution is -0.139. The minimum atomic E-state index is -0.363. The first kappa shape index (κ1) is 22.0. The van der Waals surface area contributed by atoms with Gasteiger partial charge in [-0.3, -0.25) is 14.4 Å². The molecule has 0 aliphatic heterocycles. The molecule has 26 heavy (non-hydrogen) atoms. The van der Waals surface area contributed by atoms with Gasteiger partial charge in [-0.1, -0.05) is 5.11 Å². The van der Waals surface area contributed by atoms with Crippen molar-refractivity contribution in [3.05, 3.63) is 10.4 Å². The molecule has 10 nitrogen and oxygen atoms in total. The van der Waals surface area contributed by atoms with Crippen molar-refractivity contribution in [2.24, 2.45) is 11.0 Å². The lowest BCUT2D eigenvalue weighted by Crippen LogP contribution is -2.32. The van der Waals surface area contributed by atoms with Gasteiger partial charge in [0.05, 0.1) is 39.6 Å². The van der Waals surface area contributed by atoms with Crippen molar-refractivity contribution >= 4 is 17.5 Å². The fourth-order valence-electron chi connectivity index (χ4n) is 2.42. The van der Waals surface area contributed by atoms with Gasteiger partial charge in [-0.25, -0.2) is 0 Å². The van der Waals surface area contributed by atoms with Crippen LogP contribution in [0.5, 0.6) is 0 Å². The van der Waals surface area contributed by atoms with Gasteiger partial charge in [0.2, 0.25) is 5.91 Å². The number of nitrogens with zero attached hydrogens (tertiary/aromatic N) is 3. The molecule has 0 saturated heterocycles. The minimum absolute atomic E-state index is 0.0385. The number of azide groups is 1. The lowest BCUT2D eigenvalue weighted by Gasteiger charge is -2.19. The average Bonchev–Trinajstić information content (AvgIpc) is 2.62. The number of ketones is 2. The van der Waals surface area contributed by atoms with Gasteiger partial charge in [-0.05, 0) is 17.9 Å². The maximum absolute atomic E-state index is 11.8. The molecule has 1 N–H and O–H groups in total. The molecule has 1 amide bonds. The first-order valence-corrected chi connectivity index (χ1v) is 8.70. The third-order valence-electron chi connectivity index (χ3n) is 3.75. The predicted octanol–water partition coefficient (Wildman–Crippen LogP) is 0.791. The summed E-state index contributed by atoms with van der Waals surface area (Å²) >= 11 is 0. The maximum atomic E-state index is 11.8. The summed E-state index contributed by atoms with van der Waals surface area (Å²) in [6.45, 7) is 3.13. The monoisotopic (exact) mass is 370 g/mol. The molecule has 0 aromatic carbocycles. The summed E-state index contributed by atoms with van der Waals surface area (Å²) in [6.07, 6.45) is 1.29. The highest BCUT2D eigenvalue weighted by molar-refractivity contribution is 6.37. The number of ether oxygens (including phenoxy) is 3. The number of rotatable bonds is 14. The summed E-state index contributed by atoms with van der Waals surface area (Å²) in [6, 6.07) is 0. The Bertz CT molecular complexity index is 507. The van der Waals surface area contributed by atoms with E-state index in [1.165, 1.54) is 0 Å². The Hall–Kier alpha value is -2.00. The highest BCUT2D eigenvalue weighted by atomic mass is 16.5. The standard InChI is InChI=1S/C16H26N4O6/c17-20-19-4-6-25-8-10-26-9-7-24-5-3-18-16(23)12-13-1-2-14(21)15(22)11-13/h13H,1-12H2,(H,18,23). The number of carbonyl (C=O) groups excluding carboxylic acids is 3. The van der Waals surface area contributed by atoms with Crippen LogP contribution < -0.4 is 5.32 Å². The average molecular weight is 370 g/mol. The third-order valence-corrected chi connectivity index (χ3v) is 3.75. The van der Waals surface area contributed by atoms with E-state index in [9.17, 15) is 14.4 Å². The molecule has 0 heterocycles. The van der Waals surface area contributed by atoms with E-state index < -0.39 is 0 Å². The summed E-state index contributed by atoms with van der Waals surface area (Å²) in [4.78, 5) is 36.9. The van der Waals surface area contributed by atoms with Crippen LogP contribution in [0.15, 0.2) is 5.11 Å². The smallest absolute Gasteiger partial charge is 0.220 e. The summed E-state index contributed by atoms with van der Waals surface area (Å²) in [5.74, 6) is -0.853. The van der Waals surface area contributed by atoms with Gasteiger partial charge in [0, 0.05) is 37.3 Å². The van der Waals surface area contributed by atoms with E-state index in [0.717, 1.165) is 0 Å². The van der Waals surface area contributed by atoms with Gasteiger partial charge < -0.3 is 19.5 Å². The Morgan fingerprint density at radius 2 is 1.73 bits per heavy atom. The van der Waals surface area contributed by atoms with Crippen molar-refractivity contribution in [3.8, 4) is 0 Å². The summed E-state index contributed by atoms with van der Waals surface area (Å²) in [5.41, 5.74) is 8.07. The van der Waals surface area contributed by atoms with Gasteiger partial charge in [0.1, 0.15) is 0 Å². The van der Waals surface area contributed by atoms with Crippen molar-refractivity contribution < 1.29 is 28.6 Å². The van der Waals surface area contributed by atoms with E-state index in [1.807, 2.05) is 0 Å². The molecule has 0 bridgehead atoms. The molecule has 0 aromatic heterocycles. The second-order valence-corrected chi connectivity index (χ2v) is 5.80. The van der Waals surface area contributed by atoms with Gasteiger partial charge in [-0.15, -0.1) is 0 Å². The molecular weight excluding hydrogens is 344 g/mol. The molecule has 1 atom stereocenters. The van der Waals surface area contributed by atoms with Crippen molar-refractivity contribution in [2.45, 2.75) is 25.7 Å². The Labute approximate surface area is 152 Å². The highest BCUT2D eigenvalue weighted by Gasteiger charge is 2.27. The van der Waals surface area contributed by atoms with Crippen LogP contribution in [0.3, 0.4) is 0 Å². The molecule has 1 rings (SSSR count). The van der Waals surface area contributed by atoms with Crippen LogP contribution in [0, 0.1) is 5.92 Å². The van der Waals surface area contributed by atoms with E-state index >= 15 is 0 Å². The number of hydrogen-bond acceptors (Lipinski definition) is 7. The van der Waals surface area contributed by atoms with Crippen LogP contribution in [0.1, 0.15) is 25.7 Å². The van der Waals surface area contributed by atoms with Crippen molar-refractivity contribution in [1.29, 1.82) is 0 Å². The number of amides is 1. The maximum Gasteiger partial charge on any atom is 0.220 e. The van der Waals surface area contributed by atoms with Gasteiger partial charge >= 0.3 is 0 Å². The van der Waals surface area contributed by atoms with Crippen LogP contribution in [0.25, 0.3) is 10.4 Å². The van der Waals surface area contributed by atoms with E-state index in [0.29, 0.717) is 59.2 Å². The van der Waals surface area contributed by atoms with Crippen LogP contribution in [-0.4, -0.2) is 70.2 Å². The second kappa shape index (κ2) is 14.2. The molecule has 146 valence electrons. The Kier molecular flexibility index (Phi) is 12.0. The topological polar surface area (TPSA) is 140 Å². The number of carbonyl (C=O) groups is 3. The lowest BCUT2D eigenvalue weighted by atomic mass is 9.85. The van der Waals surface area contributed by atoms with Crippen molar-refractivity contribution in [3.63, 3.8) is 0 Å². The van der Waals surface area contributed by atoms with Gasteiger partial charge in [0.25, 0.3) is 0 Å². The van der Waals surface area contributed by atoms with E-state index in [2.05, 4.69) is 15.3 Å². The Morgan fingerprint density at radius 3 is 2.38 bits per heavy atom. The van der Waals surface area contributed by atoms with Gasteiger partial charge in [0.15, 0.2) is 11.6 Å². The normalized spacial score (nSPS) is 17.0. The largest absolute Gasteiger partial charge is 0.379 e. The van der Waals surface area contributed by atoms with Gasteiger partial charge in [-0.2, -0.15) is 0 Å². The predicted molar refractivity (Wildman–Crippen MR) is 91.5 cm³/mol. The molecule has 10 heteroatoms. The molecule has 1 fully saturated rings. The molecule has 1 aliphatic rings. The zero-order chi connectivity index (χ0) is 19.0. The summed E-state index contributed by atoms with van der Waals surface area (Å²) in [7, 11) is 0.